The monoisotopic (exact) mass is 337 g/mol. The first-order valence-corrected chi connectivity index (χ1v) is 8.00. The van der Waals surface area contributed by atoms with Gasteiger partial charge in [0.15, 0.2) is 11.5 Å². The van der Waals surface area contributed by atoms with Crippen LogP contribution in [0, 0.1) is 6.92 Å². The lowest BCUT2D eigenvalue weighted by Gasteiger charge is -2.15. The van der Waals surface area contributed by atoms with Gasteiger partial charge in [0.25, 0.3) is 0 Å². The molecule has 0 amide bonds. The van der Waals surface area contributed by atoms with Crippen LogP contribution in [0.2, 0.25) is 0 Å². The second-order valence-corrected chi connectivity index (χ2v) is 5.60. The minimum absolute atomic E-state index is 0.217. The Bertz CT molecular complexity index is 950. The summed E-state index contributed by atoms with van der Waals surface area (Å²) in [6.07, 6.45) is 0. The lowest BCUT2D eigenvalue weighted by molar-refractivity contribution is 0.0699. The van der Waals surface area contributed by atoms with Crippen molar-refractivity contribution in [1.29, 1.82) is 0 Å². The quantitative estimate of drug-likeness (QED) is 0.751. The van der Waals surface area contributed by atoms with Crippen molar-refractivity contribution >= 4 is 16.9 Å². The van der Waals surface area contributed by atoms with Gasteiger partial charge in [-0.25, -0.2) is 9.78 Å². The summed E-state index contributed by atoms with van der Waals surface area (Å²) in [7, 11) is 1.57. The van der Waals surface area contributed by atoms with Crippen LogP contribution in [0.1, 0.15) is 22.8 Å². The Morgan fingerprint density at radius 2 is 1.96 bits per heavy atom. The predicted octanol–water partition coefficient (Wildman–Crippen LogP) is 4.32. The third kappa shape index (κ3) is 3.01. The Balaban J connectivity index is 2.34. The van der Waals surface area contributed by atoms with E-state index in [1.165, 1.54) is 0 Å². The zero-order valence-corrected chi connectivity index (χ0v) is 14.4. The third-order valence-electron chi connectivity index (χ3n) is 4.04. The van der Waals surface area contributed by atoms with Gasteiger partial charge >= 0.3 is 5.97 Å². The number of hydrogen-bond donors (Lipinski definition) is 1. The number of nitrogens with zero attached hydrogens (tertiary/aromatic N) is 1. The van der Waals surface area contributed by atoms with E-state index < -0.39 is 5.97 Å². The highest BCUT2D eigenvalue weighted by Gasteiger charge is 2.18. The number of aryl methyl sites for hydroxylation is 1. The maximum absolute atomic E-state index is 11.8. The molecule has 5 heteroatoms. The molecule has 1 N–H and O–H groups in total. The SMILES string of the molecule is CCOc1c(OC)cccc1-c1cc(C(=O)O)c2cccc(C)c2n1. The van der Waals surface area contributed by atoms with Gasteiger partial charge in [-0.15, -0.1) is 0 Å². The van der Waals surface area contributed by atoms with E-state index in [0.29, 0.717) is 40.3 Å². The van der Waals surface area contributed by atoms with Crippen molar-refractivity contribution < 1.29 is 19.4 Å². The Morgan fingerprint density at radius 3 is 2.64 bits per heavy atom. The zero-order chi connectivity index (χ0) is 18.0. The number of aromatic carboxylic acids is 1. The molecule has 2 aromatic carbocycles. The number of ether oxygens (including phenoxy) is 2. The molecule has 0 fully saturated rings. The number of carboxylic acids is 1. The molecule has 3 rings (SSSR count). The molecule has 0 aliphatic carbocycles. The summed E-state index contributed by atoms with van der Waals surface area (Å²) in [6, 6.07) is 12.6. The molecular weight excluding hydrogens is 318 g/mol. The number of methoxy groups -OCH3 is 1. The first-order valence-electron chi connectivity index (χ1n) is 8.00. The molecule has 25 heavy (non-hydrogen) atoms. The van der Waals surface area contributed by atoms with E-state index in [2.05, 4.69) is 0 Å². The molecule has 0 spiro atoms. The van der Waals surface area contributed by atoms with E-state index in [9.17, 15) is 9.90 Å². The second kappa shape index (κ2) is 6.81. The van der Waals surface area contributed by atoms with E-state index >= 15 is 0 Å². The number of pyridine rings is 1. The smallest absolute Gasteiger partial charge is 0.336 e. The zero-order valence-electron chi connectivity index (χ0n) is 14.4. The summed E-state index contributed by atoms with van der Waals surface area (Å²) in [5, 5.41) is 10.3. The Labute approximate surface area is 145 Å². The van der Waals surface area contributed by atoms with Crippen LogP contribution in [0.5, 0.6) is 11.5 Å². The van der Waals surface area contributed by atoms with Crippen molar-refractivity contribution in [3.05, 3.63) is 53.6 Å². The molecule has 1 heterocycles. The van der Waals surface area contributed by atoms with Crippen LogP contribution in [0.15, 0.2) is 42.5 Å². The Morgan fingerprint density at radius 1 is 1.20 bits per heavy atom. The molecule has 5 nitrogen and oxygen atoms in total. The molecule has 0 bridgehead atoms. The van der Waals surface area contributed by atoms with Gasteiger partial charge in [0.2, 0.25) is 0 Å². The minimum Gasteiger partial charge on any atom is -0.493 e. The first-order chi connectivity index (χ1) is 12.1. The van der Waals surface area contributed by atoms with E-state index in [0.717, 1.165) is 5.56 Å². The normalized spacial score (nSPS) is 10.7. The van der Waals surface area contributed by atoms with E-state index in [-0.39, 0.29) is 5.56 Å². The van der Waals surface area contributed by atoms with E-state index in [1.807, 2.05) is 38.1 Å². The fraction of sp³-hybridized carbons (Fsp3) is 0.200. The fourth-order valence-corrected chi connectivity index (χ4v) is 2.88. The number of carbonyl (C=O) groups is 1. The summed E-state index contributed by atoms with van der Waals surface area (Å²) < 4.78 is 11.1. The third-order valence-corrected chi connectivity index (χ3v) is 4.04. The van der Waals surface area contributed by atoms with Crippen LogP contribution in [0.4, 0.5) is 0 Å². The van der Waals surface area contributed by atoms with Gasteiger partial charge in [0, 0.05) is 10.9 Å². The summed E-state index contributed by atoms with van der Waals surface area (Å²) in [5.74, 6) is 0.160. The van der Waals surface area contributed by atoms with Crippen LogP contribution < -0.4 is 9.47 Å². The van der Waals surface area contributed by atoms with Gasteiger partial charge in [0.05, 0.1) is 30.5 Å². The standard InChI is InChI=1S/C20H19NO4/c1-4-25-19-14(9-6-10-17(19)24-3)16-11-15(20(22)23)13-8-5-7-12(2)18(13)21-16/h5-11H,4H2,1-3H3,(H,22,23). The first kappa shape index (κ1) is 16.8. The van der Waals surface area contributed by atoms with E-state index in [4.69, 9.17) is 14.5 Å². The second-order valence-electron chi connectivity index (χ2n) is 5.60. The number of para-hydroxylation sites is 2. The van der Waals surface area contributed by atoms with Crippen LogP contribution in [-0.4, -0.2) is 29.8 Å². The Hall–Kier alpha value is -3.08. The largest absolute Gasteiger partial charge is 0.493 e. The van der Waals surface area contributed by atoms with Gasteiger partial charge in [-0.2, -0.15) is 0 Å². The van der Waals surface area contributed by atoms with Crippen LogP contribution >= 0.6 is 0 Å². The van der Waals surface area contributed by atoms with Crippen molar-refractivity contribution in [2.45, 2.75) is 13.8 Å². The van der Waals surface area contributed by atoms with Crippen molar-refractivity contribution in [3.8, 4) is 22.8 Å². The lowest BCUT2D eigenvalue weighted by atomic mass is 10.0. The van der Waals surface area contributed by atoms with Gasteiger partial charge in [0.1, 0.15) is 0 Å². The van der Waals surface area contributed by atoms with Crippen LogP contribution in [0.3, 0.4) is 0 Å². The van der Waals surface area contributed by atoms with Gasteiger partial charge < -0.3 is 14.6 Å². The summed E-state index contributed by atoms with van der Waals surface area (Å²) in [5.41, 5.74) is 3.05. The molecule has 0 saturated carbocycles. The molecule has 0 saturated heterocycles. The highest BCUT2D eigenvalue weighted by Crippen LogP contribution is 2.38. The van der Waals surface area contributed by atoms with Crippen LogP contribution in [-0.2, 0) is 0 Å². The van der Waals surface area contributed by atoms with Crippen molar-refractivity contribution in [2.24, 2.45) is 0 Å². The summed E-state index contributed by atoms with van der Waals surface area (Å²) >= 11 is 0. The Kier molecular flexibility index (Phi) is 4.57. The topological polar surface area (TPSA) is 68.7 Å². The molecule has 1 aromatic heterocycles. The number of carboxylic acid groups (broad SMARTS) is 1. The van der Waals surface area contributed by atoms with Gasteiger partial charge in [-0.1, -0.05) is 24.3 Å². The van der Waals surface area contributed by atoms with Crippen molar-refractivity contribution in [2.75, 3.05) is 13.7 Å². The maximum Gasteiger partial charge on any atom is 0.336 e. The van der Waals surface area contributed by atoms with Crippen molar-refractivity contribution in [3.63, 3.8) is 0 Å². The number of fused-ring (bicyclic) bond motifs is 1. The molecule has 0 atom stereocenters. The number of rotatable bonds is 5. The average Bonchev–Trinajstić information content (AvgIpc) is 2.61. The number of benzene rings is 2. The highest BCUT2D eigenvalue weighted by atomic mass is 16.5. The molecular formula is C20H19NO4. The van der Waals surface area contributed by atoms with Gasteiger partial charge in [-0.3, -0.25) is 0 Å². The maximum atomic E-state index is 11.8. The summed E-state index contributed by atoms with van der Waals surface area (Å²) in [6.45, 7) is 4.27. The molecule has 0 unspecified atom stereocenters. The predicted molar refractivity (Wildman–Crippen MR) is 96.6 cm³/mol. The number of hydrogen-bond acceptors (Lipinski definition) is 4. The summed E-state index contributed by atoms with van der Waals surface area (Å²) in [4.78, 5) is 16.5. The average molecular weight is 337 g/mol. The molecule has 3 aromatic rings. The molecule has 0 radical (unpaired) electrons. The van der Waals surface area contributed by atoms with E-state index in [1.54, 1.807) is 25.3 Å². The van der Waals surface area contributed by atoms with Gasteiger partial charge in [-0.05, 0) is 37.6 Å². The van der Waals surface area contributed by atoms with Crippen molar-refractivity contribution in [1.82, 2.24) is 4.98 Å². The molecule has 0 aliphatic rings. The fourth-order valence-electron chi connectivity index (χ4n) is 2.88. The highest BCUT2D eigenvalue weighted by molar-refractivity contribution is 6.04. The molecule has 0 aliphatic heterocycles. The minimum atomic E-state index is -0.986. The molecule has 128 valence electrons. The number of aromatic nitrogens is 1. The van der Waals surface area contributed by atoms with Crippen LogP contribution in [0.25, 0.3) is 22.2 Å². The lowest BCUT2D eigenvalue weighted by Crippen LogP contribution is -2.03.